The molecule has 4 rings (SSSR count). The van der Waals surface area contributed by atoms with Crippen molar-refractivity contribution >= 4 is 33.3 Å². The zero-order chi connectivity index (χ0) is 26.4. The van der Waals surface area contributed by atoms with Gasteiger partial charge in [-0.25, -0.2) is 18.4 Å². The van der Waals surface area contributed by atoms with Gasteiger partial charge in [0.05, 0.1) is 19.8 Å². The molecule has 0 atom stereocenters. The first-order valence-corrected chi connectivity index (χ1v) is 13.5. The van der Waals surface area contributed by atoms with Gasteiger partial charge < -0.3 is 19.7 Å². The van der Waals surface area contributed by atoms with Crippen molar-refractivity contribution < 1.29 is 22.7 Å². The number of carbonyl (C=O) groups is 1. The van der Waals surface area contributed by atoms with Gasteiger partial charge >= 0.3 is 0 Å². The molecule has 2 aromatic heterocycles. The molecule has 1 fully saturated rings. The van der Waals surface area contributed by atoms with Crippen LogP contribution >= 0.6 is 11.6 Å². The summed E-state index contributed by atoms with van der Waals surface area (Å²) in [7, 11) is -0.608. The molecule has 1 aliphatic heterocycles. The number of benzene rings is 1. The van der Waals surface area contributed by atoms with E-state index in [9.17, 15) is 13.2 Å². The van der Waals surface area contributed by atoms with E-state index in [0.29, 0.717) is 48.9 Å². The van der Waals surface area contributed by atoms with Crippen LogP contribution in [-0.2, 0) is 16.4 Å². The molecule has 1 N–H and O–H groups in total. The van der Waals surface area contributed by atoms with Crippen LogP contribution in [0.15, 0.2) is 59.8 Å². The lowest BCUT2D eigenvalue weighted by Crippen LogP contribution is -2.49. The maximum atomic E-state index is 13.0. The van der Waals surface area contributed by atoms with Crippen molar-refractivity contribution in [3.63, 3.8) is 0 Å². The Labute approximate surface area is 221 Å². The third-order valence-electron chi connectivity index (χ3n) is 6.01. The third kappa shape index (κ3) is 6.12. The summed E-state index contributed by atoms with van der Waals surface area (Å²) >= 11 is 5.88. The predicted molar refractivity (Wildman–Crippen MR) is 140 cm³/mol. The lowest BCUT2D eigenvalue weighted by atomic mass is 10.1. The van der Waals surface area contributed by atoms with Crippen molar-refractivity contribution in [2.24, 2.45) is 0 Å². The summed E-state index contributed by atoms with van der Waals surface area (Å²) in [4.78, 5) is 23.3. The van der Waals surface area contributed by atoms with Crippen molar-refractivity contribution in [3.05, 3.63) is 71.0 Å². The van der Waals surface area contributed by atoms with Gasteiger partial charge in [0.1, 0.15) is 11.0 Å². The van der Waals surface area contributed by atoms with Crippen LogP contribution in [0.25, 0.3) is 0 Å². The maximum absolute atomic E-state index is 13.0. The van der Waals surface area contributed by atoms with Gasteiger partial charge in [0.25, 0.3) is 15.9 Å². The van der Waals surface area contributed by atoms with Gasteiger partial charge in [0, 0.05) is 38.9 Å². The third-order valence-corrected chi connectivity index (χ3v) is 8.02. The second-order valence-corrected chi connectivity index (χ2v) is 10.5. The number of pyridine rings is 2. The number of rotatable bonds is 9. The van der Waals surface area contributed by atoms with Crippen molar-refractivity contribution in [3.8, 4) is 11.5 Å². The molecule has 196 valence electrons. The van der Waals surface area contributed by atoms with Crippen LogP contribution in [0, 0.1) is 0 Å². The Bertz CT molecular complexity index is 1360. The summed E-state index contributed by atoms with van der Waals surface area (Å²) in [6, 6.07) is 13.6. The fraction of sp³-hybridized carbons (Fsp3) is 0.320. The van der Waals surface area contributed by atoms with Gasteiger partial charge in [-0.3, -0.25) is 4.79 Å². The fourth-order valence-corrected chi connectivity index (χ4v) is 5.67. The molecule has 3 heterocycles. The summed E-state index contributed by atoms with van der Waals surface area (Å²) in [5, 5.41) is 2.99. The summed E-state index contributed by atoms with van der Waals surface area (Å²) in [6.07, 6.45) is 2.23. The number of nitrogens with zero attached hydrogens (tertiary/aromatic N) is 4. The van der Waals surface area contributed by atoms with E-state index >= 15 is 0 Å². The SMILES string of the molecule is COc1ccc(CCNC(=O)c2cccnc2N2CCN(S(=O)(=O)c3cccc(Cl)n3)CC2)cc1OC. The first-order chi connectivity index (χ1) is 17.8. The second kappa shape index (κ2) is 11.8. The van der Waals surface area contributed by atoms with Crippen molar-refractivity contribution in [1.29, 1.82) is 0 Å². The number of hydrogen-bond donors (Lipinski definition) is 1. The summed E-state index contributed by atoms with van der Waals surface area (Å²) < 4.78 is 37.9. The predicted octanol–water partition coefficient (Wildman–Crippen LogP) is 2.63. The Morgan fingerprint density at radius 1 is 1.03 bits per heavy atom. The van der Waals surface area contributed by atoms with Crippen molar-refractivity contribution in [2.75, 3.05) is 51.8 Å². The van der Waals surface area contributed by atoms with Crippen LogP contribution in [0.1, 0.15) is 15.9 Å². The minimum absolute atomic E-state index is 0.0826. The highest BCUT2D eigenvalue weighted by atomic mass is 35.5. The second-order valence-electron chi connectivity index (χ2n) is 8.26. The summed E-state index contributed by atoms with van der Waals surface area (Å²) in [6.45, 7) is 1.63. The van der Waals surface area contributed by atoms with E-state index in [1.807, 2.05) is 23.1 Å². The van der Waals surface area contributed by atoms with Gasteiger partial charge in [0.2, 0.25) is 0 Å². The molecule has 0 unspecified atom stereocenters. The number of hydrogen-bond acceptors (Lipinski definition) is 8. The quantitative estimate of drug-likeness (QED) is 0.408. The molecule has 1 saturated heterocycles. The van der Waals surface area contributed by atoms with Crippen LogP contribution in [0.5, 0.6) is 11.5 Å². The van der Waals surface area contributed by atoms with Gasteiger partial charge in [-0.1, -0.05) is 23.7 Å². The number of piperazine rings is 1. The molecule has 1 aromatic carbocycles. The minimum Gasteiger partial charge on any atom is -0.493 e. The first-order valence-electron chi connectivity index (χ1n) is 11.6. The number of methoxy groups -OCH3 is 2. The van der Waals surface area contributed by atoms with E-state index in [2.05, 4.69) is 15.3 Å². The monoisotopic (exact) mass is 545 g/mol. The van der Waals surface area contributed by atoms with Gasteiger partial charge in [0.15, 0.2) is 16.5 Å². The average Bonchev–Trinajstić information content (AvgIpc) is 2.93. The van der Waals surface area contributed by atoms with E-state index in [0.717, 1.165) is 5.56 Å². The first kappa shape index (κ1) is 26.6. The molecule has 3 aromatic rings. The highest BCUT2D eigenvalue weighted by Gasteiger charge is 2.31. The molecule has 0 saturated carbocycles. The molecule has 0 radical (unpaired) electrons. The Kier molecular flexibility index (Phi) is 8.47. The lowest BCUT2D eigenvalue weighted by Gasteiger charge is -2.35. The van der Waals surface area contributed by atoms with Crippen LogP contribution in [0.3, 0.4) is 0 Å². The maximum Gasteiger partial charge on any atom is 0.260 e. The van der Waals surface area contributed by atoms with Crippen LogP contribution in [-0.4, -0.2) is 75.5 Å². The average molecular weight is 546 g/mol. The fourth-order valence-electron chi connectivity index (χ4n) is 4.08. The number of nitrogens with one attached hydrogen (secondary N) is 1. The Morgan fingerprint density at radius 2 is 1.78 bits per heavy atom. The van der Waals surface area contributed by atoms with Gasteiger partial charge in [-0.05, 0) is 48.4 Å². The molecule has 0 aliphatic carbocycles. The van der Waals surface area contributed by atoms with Crippen LogP contribution in [0.4, 0.5) is 5.82 Å². The molecule has 0 bridgehead atoms. The summed E-state index contributed by atoms with van der Waals surface area (Å²) in [5.74, 6) is 1.55. The Hall–Kier alpha value is -3.41. The van der Waals surface area contributed by atoms with E-state index in [4.69, 9.17) is 21.1 Å². The number of carbonyl (C=O) groups excluding carboxylic acids is 1. The highest BCUT2D eigenvalue weighted by molar-refractivity contribution is 7.89. The molecule has 37 heavy (non-hydrogen) atoms. The van der Waals surface area contributed by atoms with E-state index < -0.39 is 10.0 Å². The molecule has 1 amide bonds. The molecular formula is C25H28ClN5O5S. The van der Waals surface area contributed by atoms with Gasteiger partial charge in [-0.15, -0.1) is 0 Å². The van der Waals surface area contributed by atoms with Crippen molar-refractivity contribution in [2.45, 2.75) is 11.4 Å². The topological polar surface area (TPSA) is 114 Å². The highest BCUT2D eigenvalue weighted by Crippen LogP contribution is 2.28. The van der Waals surface area contributed by atoms with Crippen molar-refractivity contribution in [1.82, 2.24) is 19.6 Å². The van der Waals surface area contributed by atoms with Gasteiger partial charge in [-0.2, -0.15) is 4.31 Å². The Balaban J connectivity index is 1.38. The largest absolute Gasteiger partial charge is 0.493 e. The number of amides is 1. The zero-order valence-corrected chi connectivity index (χ0v) is 22.1. The molecule has 10 nitrogen and oxygen atoms in total. The molecule has 1 aliphatic rings. The standard InChI is InChI=1S/C25H28ClN5O5S/c1-35-20-9-8-18(17-21(20)36-2)10-12-28-25(32)19-5-4-11-27-24(19)30-13-15-31(16-14-30)37(33,34)23-7-3-6-22(26)29-23/h3-9,11,17H,10,12-16H2,1-2H3,(H,28,32). The van der Waals surface area contributed by atoms with E-state index in [-0.39, 0.29) is 29.2 Å². The zero-order valence-electron chi connectivity index (χ0n) is 20.6. The molecule has 12 heteroatoms. The van der Waals surface area contributed by atoms with Crippen LogP contribution in [0.2, 0.25) is 5.15 Å². The normalized spacial score (nSPS) is 14.3. The lowest BCUT2D eigenvalue weighted by molar-refractivity contribution is 0.0954. The smallest absolute Gasteiger partial charge is 0.260 e. The number of aromatic nitrogens is 2. The number of anilines is 1. The van der Waals surface area contributed by atoms with Crippen LogP contribution < -0.4 is 19.7 Å². The van der Waals surface area contributed by atoms with E-state index in [1.165, 1.54) is 16.4 Å². The number of ether oxygens (including phenoxy) is 2. The number of sulfonamides is 1. The van der Waals surface area contributed by atoms with E-state index in [1.54, 1.807) is 38.6 Å². The Morgan fingerprint density at radius 3 is 2.49 bits per heavy atom. The minimum atomic E-state index is -3.77. The molecule has 0 spiro atoms. The summed E-state index contributed by atoms with van der Waals surface area (Å²) in [5.41, 5.74) is 1.43. The number of halogens is 1. The molecular weight excluding hydrogens is 518 g/mol.